The van der Waals surface area contributed by atoms with Gasteiger partial charge in [-0.05, 0) is 12.8 Å². The van der Waals surface area contributed by atoms with Gasteiger partial charge in [0.15, 0.2) is 0 Å². The van der Waals surface area contributed by atoms with Gasteiger partial charge >= 0.3 is 0 Å². The van der Waals surface area contributed by atoms with Gasteiger partial charge in [-0.3, -0.25) is 11.3 Å². The molecule has 0 aliphatic heterocycles. The molecule has 5 N–H and O–H groups in total. The molecule has 1 aliphatic rings. The first kappa shape index (κ1) is 5.03. The second-order valence-corrected chi connectivity index (χ2v) is 2.10. The van der Waals surface area contributed by atoms with Crippen LogP contribution in [0.5, 0.6) is 0 Å². The van der Waals surface area contributed by atoms with E-state index in [1.165, 1.54) is 0 Å². The number of nitrogens with two attached hydrogens (primary N) is 2. The fraction of sp³-hybridized carbons (Fsp3) is 1.00. The first-order valence-electron chi connectivity index (χ1n) is 2.54. The van der Waals surface area contributed by atoms with Gasteiger partial charge in [0.1, 0.15) is 0 Å². The molecule has 0 aromatic rings. The van der Waals surface area contributed by atoms with Crippen molar-refractivity contribution in [1.82, 2.24) is 5.43 Å². The largest absolute Gasteiger partial charge is 0.328 e. The Morgan fingerprint density at radius 3 is 2.14 bits per heavy atom. The molecule has 0 aromatic heterocycles. The summed E-state index contributed by atoms with van der Waals surface area (Å²) in [7, 11) is 0. The highest BCUT2D eigenvalue weighted by atomic mass is 15.2. The number of rotatable bonds is 1. The van der Waals surface area contributed by atoms with E-state index in [-0.39, 0.29) is 0 Å². The summed E-state index contributed by atoms with van der Waals surface area (Å²) in [6, 6.07) is 0.899. The van der Waals surface area contributed by atoms with Crippen LogP contribution in [0.25, 0.3) is 0 Å². The molecule has 7 heavy (non-hydrogen) atoms. The van der Waals surface area contributed by atoms with E-state index in [1.54, 1.807) is 0 Å². The number of nitrogens with one attached hydrogen (secondary N) is 1. The Bertz CT molecular complexity index is 58.0. The van der Waals surface area contributed by atoms with Crippen molar-refractivity contribution < 1.29 is 0 Å². The predicted octanol–water partition coefficient (Wildman–Crippen LogP) is -1.06. The van der Waals surface area contributed by atoms with Crippen LogP contribution in [-0.4, -0.2) is 12.1 Å². The second kappa shape index (κ2) is 1.78. The zero-order chi connectivity index (χ0) is 5.28. The lowest BCUT2D eigenvalue weighted by molar-refractivity contribution is 0.296. The van der Waals surface area contributed by atoms with Crippen molar-refractivity contribution in [2.45, 2.75) is 24.9 Å². The monoisotopic (exact) mass is 101 g/mol. The Labute approximate surface area is 43.0 Å². The Balaban J connectivity index is 2.06. The van der Waals surface area contributed by atoms with E-state index >= 15 is 0 Å². The number of hydrazine groups is 1. The molecule has 1 fully saturated rings. The van der Waals surface area contributed by atoms with Gasteiger partial charge in [0.2, 0.25) is 0 Å². The quantitative estimate of drug-likeness (QED) is 0.291. The smallest absolute Gasteiger partial charge is 0.0240 e. The van der Waals surface area contributed by atoms with Crippen LogP contribution in [0.3, 0.4) is 0 Å². The Morgan fingerprint density at radius 2 is 2.00 bits per heavy atom. The van der Waals surface area contributed by atoms with Gasteiger partial charge in [-0.15, -0.1) is 0 Å². The van der Waals surface area contributed by atoms with Gasteiger partial charge < -0.3 is 5.73 Å². The van der Waals surface area contributed by atoms with Crippen molar-refractivity contribution in [3.05, 3.63) is 0 Å². The topological polar surface area (TPSA) is 64.1 Å². The van der Waals surface area contributed by atoms with Crippen molar-refractivity contribution in [2.24, 2.45) is 11.6 Å². The highest BCUT2D eigenvalue weighted by Crippen LogP contribution is 2.15. The normalized spacial score (nSPS) is 40.3. The first-order chi connectivity index (χ1) is 3.33. The van der Waals surface area contributed by atoms with Gasteiger partial charge in [-0.2, -0.15) is 0 Å². The third-order valence-electron chi connectivity index (χ3n) is 1.41. The molecule has 42 valence electrons. The molecular formula is C4H11N3. The maximum atomic E-state index is 5.45. The van der Waals surface area contributed by atoms with Crippen LogP contribution in [-0.2, 0) is 0 Å². The molecule has 0 amide bonds. The highest BCUT2D eigenvalue weighted by molar-refractivity contribution is 4.85. The minimum absolute atomic E-state index is 0.404. The Hall–Kier alpha value is -0.120. The lowest BCUT2D eigenvalue weighted by atomic mass is 9.88. The average Bonchev–Trinajstić information content (AvgIpc) is 1.58. The van der Waals surface area contributed by atoms with Crippen LogP contribution in [0, 0.1) is 0 Å². The fourth-order valence-corrected chi connectivity index (χ4v) is 0.798. The SMILES string of the molecule is NNC1CC(N)C1. The van der Waals surface area contributed by atoms with E-state index in [1.807, 2.05) is 0 Å². The summed E-state index contributed by atoms with van der Waals surface area (Å²) in [5.74, 6) is 5.09. The minimum Gasteiger partial charge on any atom is -0.328 e. The summed E-state index contributed by atoms with van der Waals surface area (Å²) < 4.78 is 0. The van der Waals surface area contributed by atoms with E-state index < -0.39 is 0 Å². The molecule has 0 aromatic carbocycles. The van der Waals surface area contributed by atoms with Gasteiger partial charge in [0.05, 0.1) is 0 Å². The molecule has 0 radical (unpaired) electrons. The maximum absolute atomic E-state index is 5.45. The molecule has 0 atom stereocenters. The van der Waals surface area contributed by atoms with Crippen molar-refractivity contribution in [2.75, 3.05) is 0 Å². The first-order valence-corrected chi connectivity index (χ1v) is 2.54. The molecule has 1 aliphatic carbocycles. The van der Waals surface area contributed by atoms with Crippen LogP contribution < -0.4 is 17.0 Å². The zero-order valence-corrected chi connectivity index (χ0v) is 4.22. The lowest BCUT2D eigenvalue weighted by Crippen LogP contribution is -2.50. The van der Waals surface area contributed by atoms with Crippen LogP contribution >= 0.6 is 0 Å². The molecule has 1 saturated carbocycles. The maximum Gasteiger partial charge on any atom is 0.0240 e. The molecule has 1 rings (SSSR count). The zero-order valence-electron chi connectivity index (χ0n) is 4.22. The van der Waals surface area contributed by atoms with Crippen LogP contribution in [0.15, 0.2) is 0 Å². The molecular weight excluding hydrogens is 90.1 g/mol. The molecule has 3 nitrogen and oxygen atoms in total. The molecule has 3 heteroatoms. The van der Waals surface area contributed by atoms with Crippen molar-refractivity contribution >= 4 is 0 Å². The third kappa shape index (κ3) is 0.907. The van der Waals surface area contributed by atoms with Gasteiger partial charge in [0, 0.05) is 12.1 Å². The summed E-state index contributed by atoms with van der Waals surface area (Å²) >= 11 is 0. The molecule has 0 saturated heterocycles. The Kier molecular flexibility index (Phi) is 1.27. The van der Waals surface area contributed by atoms with E-state index in [2.05, 4.69) is 5.43 Å². The number of hydrogen-bond acceptors (Lipinski definition) is 3. The number of hydrogen-bond donors (Lipinski definition) is 3. The van der Waals surface area contributed by atoms with E-state index in [0.29, 0.717) is 12.1 Å². The minimum atomic E-state index is 0.404. The lowest BCUT2D eigenvalue weighted by Gasteiger charge is -2.31. The van der Waals surface area contributed by atoms with Gasteiger partial charge in [-0.1, -0.05) is 0 Å². The van der Waals surface area contributed by atoms with E-state index in [4.69, 9.17) is 11.6 Å². The Morgan fingerprint density at radius 1 is 1.43 bits per heavy atom. The summed E-state index contributed by atoms with van der Waals surface area (Å²) in [5, 5.41) is 0. The van der Waals surface area contributed by atoms with Crippen molar-refractivity contribution in [3.63, 3.8) is 0 Å². The summed E-state index contributed by atoms with van der Waals surface area (Å²) in [4.78, 5) is 0. The summed E-state index contributed by atoms with van der Waals surface area (Å²) in [6.07, 6.45) is 2.08. The van der Waals surface area contributed by atoms with Gasteiger partial charge in [0.25, 0.3) is 0 Å². The highest BCUT2D eigenvalue weighted by Gasteiger charge is 2.23. The molecule has 0 unspecified atom stereocenters. The van der Waals surface area contributed by atoms with E-state index in [9.17, 15) is 0 Å². The molecule has 0 spiro atoms. The third-order valence-corrected chi connectivity index (χ3v) is 1.41. The van der Waals surface area contributed by atoms with Crippen LogP contribution in [0.1, 0.15) is 12.8 Å². The van der Waals surface area contributed by atoms with Crippen LogP contribution in [0.4, 0.5) is 0 Å². The van der Waals surface area contributed by atoms with Crippen molar-refractivity contribution in [3.8, 4) is 0 Å². The molecule has 0 heterocycles. The average molecular weight is 101 g/mol. The van der Waals surface area contributed by atoms with Crippen molar-refractivity contribution in [1.29, 1.82) is 0 Å². The van der Waals surface area contributed by atoms with Gasteiger partial charge in [-0.25, -0.2) is 0 Å². The standard InChI is InChI=1S/C4H11N3/c5-3-1-4(2-3)7-6/h3-4,7H,1-2,5-6H2. The van der Waals surface area contributed by atoms with Crippen LogP contribution in [0.2, 0.25) is 0 Å². The fourth-order valence-electron chi connectivity index (χ4n) is 0.798. The second-order valence-electron chi connectivity index (χ2n) is 2.10. The summed E-state index contributed by atoms with van der Waals surface area (Å²) in [5.41, 5.74) is 8.10. The predicted molar refractivity (Wildman–Crippen MR) is 28.3 cm³/mol. The van der Waals surface area contributed by atoms with E-state index in [0.717, 1.165) is 12.8 Å². The summed E-state index contributed by atoms with van der Waals surface area (Å²) in [6.45, 7) is 0. The molecule has 0 bridgehead atoms.